The Morgan fingerprint density at radius 1 is 1.24 bits per heavy atom. The van der Waals surface area contributed by atoms with Crippen molar-refractivity contribution < 1.29 is 13.3 Å². The van der Waals surface area contributed by atoms with Crippen molar-refractivity contribution >= 4 is 53.9 Å². The highest BCUT2D eigenvalue weighted by atomic mass is 35.5. The predicted octanol–water partition coefficient (Wildman–Crippen LogP) is 3.33. The summed E-state index contributed by atoms with van der Waals surface area (Å²) in [6, 6.07) is 12.4. The fourth-order valence-corrected chi connectivity index (χ4v) is 4.52. The van der Waals surface area contributed by atoms with E-state index in [9.17, 15) is 8.42 Å². The van der Waals surface area contributed by atoms with Gasteiger partial charge in [0, 0.05) is 16.3 Å². The molecule has 2 aromatic heterocycles. The van der Waals surface area contributed by atoms with Gasteiger partial charge in [-0.15, -0.1) is 16.4 Å². The lowest BCUT2D eigenvalue weighted by molar-refractivity contribution is 0.0768. The Labute approximate surface area is 152 Å². The lowest BCUT2D eigenvalue weighted by Gasteiger charge is -2.05. The molecule has 0 radical (unpaired) electrons. The van der Waals surface area contributed by atoms with Crippen LogP contribution in [-0.2, 0) is 16.4 Å². The normalized spacial score (nSPS) is 12.1. The van der Waals surface area contributed by atoms with Crippen LogP contribution in [0.15, 0.2) is 47.4 Å². The second-order valence-electron chi connectivity index (χ2n) is 5.49. The van der Waals surface area contributed by atoms with Crippen LogP contribution in [0.5, 0.6) is 0 Å². The number of hydrogen-bond donors (Lipinski definition) is 0. The molecule has 9 heteroatoms. The summed E-state index contributed by atoms with van der Waals surface area (Å²) in [6.45, 7) is 0.208. The Morgan fingerprint density at radius 3 is 2.80 bits per heavy atom. The van der Waals surface area contributed by atoms with Crippen LogP contribution < -0.4 is 4.84 Å². The van der Waals surface area contributed by atoms with E-state index in [1.165, 1.54) is 17.0 Å². The zero-order valence-corrected chi connectivity index (χ0v) is 15.4. The summed E-state index contributed by atoms with van der Waals surface area (Å²) in [7, 11) is -3.32. The van der Waals surface area contributed by atoms with E-state index in [0.29, 0.717) is 16.1 Å². The number of nitrogens with zero attached hydrogens (tertiary/aromatic N) is 3. The largest absolute Gasteiger partial charge is 0.389 e. The molecule has 0 unspecified atom stereocenters. The van der Waals surface area contributed by atoms with Crippen molar-refractivity contribution in [2.24, 2.45) is 0 Å². The summed E-state index contributed by atoms with van der Waals surface area (Å²) in [5, 5.41) is 9.55. The molecule has 0 amide bonds. The van der Waals surface area contributed by atoms with Gasteiger partial charge in [-0.3, -0.25) is 0 Å². The van der Waals surface area contributed by atoms with Gasteiger partial charge in [-0.25, -0.2) is 8.42 Å². The van der Waals surface area contributed by atoms with E-state index in [4.69, 9.17) is 16.4 Å². The molecule has 0 aliphatic heterocycles. The Hall–Kier alpha value is -2.16. The highest BCUT2D eigenvalue weighted by molar-refractivity contribution is 7.90. The van der Waals surface area contributed by atoms with Gasteiger partial charge in [-0.1, -0.05) is 34.6 Å². The number of thiophene rings is 1. The SMILES string of the molecule is CS(=O)(=O)c1ccc2nnn(OCc3sc4ccccc4c3Cl)c2c1. The molecule has 0 fully saturated rings. The smallest absolute Gasteiger partial charge is 0.175 e. The Bertz CT molecular complexity index is 1200. The van der Waals surface area contributed by atoms with Crippen molar-refractivity contribution in [2.75, 3.05) is 6.26 Å². The maximum atomic E-state index is 11.7. The monoisotopic (exact) mass is 393 g/mol. The van der Waals surface area contributed by atoms with E-state index in [2.05, 4.69) is 10.3 Å². The van der Waals surface area contributed by atoms with Gasteiger partial charge >= 0.3 is 0 Å². The summed E-state index contributed by atoms with van der Waals surface area (Å²) < 4.78 is 24.5. The second kappa shape index (κ2) is 5.98. The molecule has 4 rings (SSSR count). The summed E-state index contributed by atoms with van der Waals surface area (Å²) in [4.78, 5) is 7.98. The van der Waals surface area contributed by atoms with Crippen molar-refractivity contribution in [3.63, 3.8) is 0 Å². The van der Waals surface area contributed by atoms with Crippen LogP contribution in [0.2, 0.25) is 5.02 Å². The van der Waals surface area contributed by atoms with E-state index in [-0.39, 0.29) is 11.5 Å². The molecule has 4 aromatic rings. The van der Waals surface area contributed by atoms with Gasteiger partial charge in [0.15, 0.2) is 16.4 Å². The predicted molar refractivity (Wildman–Crippen MR) is 97.8 cm³/mol. The van der Waals surface area contributed by atoms with Crippen molar-refractivity contribution in [1.29, 1.82) is 0 Å². The number of sulfone groups is 1. The molecule has 2 heterocycles. The molecule has 0 bridgehead atoms. The van der Waals surface area contributed by atoms with E-state index >= 15 is 0 Å². The lowest BCUT2D eigenvalue weighted by Crippen LogP contribution is -2.12. The van der Waals surface area contributed by atoms with Gasteiger partial charge in [0.25, 0.3) is 0 Å². The van der Waals surface area contributed by atoms with Crippen LogP contribution >= 0.6 is 22.9 Å². The molecule has 0 saturated heterocycles. The third-order valence-electron chi connectivity index (χ3n) is 3.73. The van der Waals surface area contributed by atoms with Crippen LogP contribution in [0.3, 0.4) is 0 Å². The number of fused-ring (bicyclic) bond motifs is 2. The van der Waals surface area contributed by atoms with E-state index < -0.39 is 9.84 Å². The van der Waals surface area contributed by atoms with Gasteiger partial charge in [-0.2, -0.15) is 0 Å². The summed E-state index contributed by atoms with van der Waals surface area (Å²) in [5.74, 6) is 0. The Morgan fingerprint density at radius 2 is 2.04 bits per heavy atom. The molecule has 6 nitrogen and oxygen atoms in total. The summed E-state index contributed by atoms with van der Waals surface area (Å²) in [6.07, 6.45) is 1.15. The topological polar surface area (TPSA) is 74.1 Å². The first-order valence-corrected chi connectivity index (χ1v) is 10.4. The van der Waals surface area contributed by atoms with Crippen molar-refractivity contribution in [3.8, 4) is 0 Å². The standard InChI is InChI=1S/C16H12ClN3O3S2/c1-25(21,22)10-6-7-12-13(8-10)20(19-18-12)23-9-15-16(17)11-4-2-3-5-14(11)24-15/h2-8H,9H2,1H3. The number of hydrogen-bond acceptors (Lipinski definition) is 6. The van der Waals surface area contributed by atoms with Crippen LogP contribution in [0.4, 0.5) is 0 Å². The maximum absolute atomic E-state index is 11.7. The van der Waals surface area contributed by atoms with Gasteiger partial charge in [0.2, 0.25) is 0 Å². The average molecular weight is 394 g/mol. The zero-order valence-electron chi connectivity index (χ0n) is 13.0. The molecule has 0 aliphatic rings. The van der Waals surface area contributed by atoms with E-state index in [0.717, 1.165) is 21.2 Å². The quantitative estimate of drug-likeness (QED) is 0.531. The van der Waals surface area contributed by atoms with Gasteiger partial charge in [-0.05, 0) is 29.5 Å². The average Bonchev–Trinajstić information content (AvgIpc) is 3.13. The first-order chi connectivity index (χ1) is 11.9. The molecule has 0 saturated carbocycles. The molecule has 0 aliphatic carbocycles. The fraction of sp³-hybridized carbons (Fsp3) is 0.125. The molecule has 128 valence electrons. The van der Waals surface area contributed by atoms with Crippen LogP contribution in [0.25, 0.3) is 21.1 Å². The molecule has 0 atom stereocenters. The molecule has 2 aromatic carbocycles. The van der Waals surface area contributed by atoms with Crippen LogP contribution in [0, 0.1) is 0 Å². The Kier molecular flexibility index (Phi) is 3.90. The molecule has 0 spiro atoms. The highest BCUT2D eigenvalue weighted by Crippen LogP contribution is 2.35. The lowest BCUT2D eigenvalue weighted by atomic mass is 10.2. The highest BCUT2D eigenvalue weighted by Gasteiger charge is 2.14. The molecular formula is C16H12ClN3O3S2. The minimum atomic E-state index is -3.32. The minimum Gasteiger partial charge on any atom is -0.389 e. The van der Waals surface area contributed by atoms with Crippen molar-refractivity contribution in [3.05, 3.63) is 52.4 Å². The number of rotatable bonds is 4. The first-order valence-electron chi connectivity index (χ1n) is 7.28. The number of aromatic nitrogens is 3. The maximum Gasteiger partial charge on any atom is 0.175 e. The number of halogens is 1. The van der Waals surface area contributed by atoms with Crippen molar-refractivity contribution in [1.82, 2.24) is 15.2 Å². The Balaban J connectivity index is 1.67. The van der Waals surface area contributed by atoms with E-state index in [1.807, 2.05) is 24.3 Å². The molecule has 0 N–H and O–H groups in total. The van der Waals surface area contributed by atoms with Crippen molar-refractivity contribution in [2.45, 2.75) is 11.5 Å². The van der Waals surface area contributed by atoms with E-state index in [1.54, 1.807) is 17.4 Å². The van der Waals surface area contributed by atoms with Crippen LogP contribution in [-0.4, -0.2) is 29.8 Å². The first kappa shape index (κ1) is 16.3. The van der Waals surface area contributed by atoms with Crippen LogP contribution in [0.1, 0.15) is 4.88 Å². The van der Waals surface area contributed by atoms with Gasteiger partial charge in [0.1, 0.15) is 11.0 Å². The zero-order chi connectivity index (χ0) is 17.6. The number of benzene rings is 2. The minimum absolute atomic E-state index is 0.187. The fourth-order valence-electron chi connectivity index (χ4n) is 2.48. The third-order valence-corrected chi connectivity index (χ3v) is 6.53. The molecule has 25 heavy (non-hydrogen) atoms. The second-order valence-corrected chi connectivity index (χ2v) is 9.02. The summed E-state index contributed by atoms with van der Waals surface area (Å²) in [5.41, 5.74) is 1.04. The summed E-state index contributed by atoms with van der Waals surface area (Å²) >= 11 is 7.95. The molecular weight excluding hydrogens is 382 g/mol. The third kappa shape index (κ3) is 2.97. The van der Waals surface area contributed by atoms with Gasteiger partial charge in [0.05, 0.1) is 14.8 Å². The van der Waals surface area contributed by atoms with Gasteiger partial charge < -0.3 is 4.84 Å².